The summed E-state index contributed by atoms with van der Waals surface area (Å²) in [5, 5.41) is 0.153. The summed E-state index contributed by atoms with van der Waals surface area (Å²) in [5.74, 6) is -0.236. The van der Waals surface area contributed by atoms with E-state index in [4.69, 9.17) is 17.3 Å². The van der Waals surface area contributed by atoms with Gasteiger partial charge in [0, 0.05) is 12.7 Å². The summed E-state index contributed by atoms with van der Waals surface area (Å²) >= 11 is 5.97. The van der Waals surface area contributed by atoms with Crippen molar-refractivity contribution < 1.29 is 4.79 Å². The number of aryl methyl sites for hydroxylation is 2. The maximum Gasteiger partial charge on any atom is 0.261 e. The number of rotatable bonds is 2. The van der Waals surface area contributed by atoms with Crippen molar-refractivity contribution in [2.24, 2.45) is 0 Å². The van der Waals surface area contributed by atoms with Gasteiger partial charge in [0.15, 0.2) is 0 Å². The summed E-state index contributed by atoms with van der Waals surface area (Å²) < 4.78 is 0. The molecule has 0 unspecified atom stereocenters. The van der Waals surface area contributed by atoms with E-state index in [2.05, 4.69) is 11.1 Å². The van der Waals surface area contributed by atoms with Crippen molar-refractivity contribution >= 4 is 28.9 Å². The second-order valence-corrected chi connectivity index (χ2v) is 5.18. The molecular weight excluding hydrogens is 274 g/mol. The van der Waals surface area contributed by atoms with E-state index >= 15 is 0 Å². The number of nitrogen functional groups attached to an aromatic ring is 1. The van der Waals surface area contributed by atoms with Gasteiger partial charge in [-0.15, -0.1) is 0 Å². The molecule has 2 aromatic rings. The summed E-state index contributed by atoms with van der Waals surface area (Å²) in [6, 6.07) is 7.48. The van der Waals surface area contributed by atoms with Gasteiger partial charge >= 0.3 is 0 Å². The molecule has 20 heavy (non-hydrogen) atoms. The largest absolute Gasteiger partial charge is 0.397 e. The van der Waals surface area contributed by atoms with Crippen LogP contribution in [0.25, 0.3) is 0 Å². The summed E-state index contributed by atoms with van der Waals surface area (Å²) in [6.07, 6.45) is 1.43. The Morgan fingerprint density at radius 1 is 1.20 bits per heavy atom. The monoisotopic (exact) mass is 289 g/mol. The lowest BCUT2D eigenvalue weighted by Crippen LogP contribution is -2.27. The molecule has 0 fully saturated rings. The lowest BCUT2D eigenvalue weighted by Gasteiger charge is -2.19. The molecule has 0 atom stereocenters. The minimum absolute atomic E-state index is 0.153. The Hall–Kier alpha value is -2.07. The summed E-state index contributed by atoms with van der Waals surface area (Å²) in [4.78, 5) is 17.9. The van der Waals surface area contributed by atoms with Crippen molar-refractivity contribution in [3.05, 3.63) is 52.3 Å². The van der Waals surface area contributed by atoms with E-state index in [1.54, 1.807) is 11.9 Å². The Morgan fingerprint density at radius 2 is 1.80 bits per heavy atom. The zero-order chi connectivity index (χ0) is 14.9. The van der Waals surface area contributed by atoms with E-state index in [1.165, 1.54) is 12.3 Å². The highest BCUT2D eigenvalue weighted by molar-refractivity contribution is 6.33. The highest BCUT2D eigenvalue weighted by Gasteiger charge is 2.18. The lowest BCUT2D eigenvalue weighted by atomic mass is 10.1. The number of carbonyl (C=O) groups is 1. The molecule has 2 rings (SSSR count). The average Bonchev–Trinajstić information content (AvgIpc) is 2.38. The van der Waals surface area contributed by atoms with Gasteiger partial charge in [0.2, 0.25) is 0 Å². The van der Waals surface area contributed by atoms with E-state index in [0.29, 0.717) is 11.3 Å². The molecule has 0 bridgehead atoms. The minimum atomic E-state index is -0.236. The number of carbonyl (C=O) groups excluding carboxylic acids is 1. The fraction of sp³-hybridized carbons (Fsp3) is 0.200. The first-order valence-electron chi connectivity index (χ1n) is 6.16. The molecule has 0 radical (unpaired) electrons. The van der Waals surface area contributed by atoms with Gasteiger partial charge < -0.3 is 10.6 Å². The number of aromatic nitrogens is 1. The zero-order valence-corrected chi connectivity index (χ0v) is 12.4. The smallest absolute Gasteiger partial charge is 0.261 e. The molecule has 0 saturated heterocycles. The van der Waals surface area contributed by atoms with Crippen LogP contribution >= 0.6 is 11.6 Å². The van der Waals surface area contributed by atoms with E-state index in [1.807, 2.05) is 26.0 Å². The number of pyridine rings is 1. The SMILES string of the molecule is Cc1cc(C)cc(N(C)C(=O)c2cc(N)cnc2Cl)c1. The van der Waals surface area contributed by atoms with Gasteiger partial charge in [0.05, 0.1) is 17.4 Å². The van der Waals surface area contributed by atoms with Crippen molar-refractivity contribution in [2.45, 2.75) is 13.8 Å². The fourth-order valence-corrected chi connectivity index (χ4v) is 2.24. The molecule has 0 saturated carbocycles. The summed E-state index contributed by atoms with van der Waals surface area (Å²) in [6.45, 7) is 3.98. The van der Waals surface area contributed by atoms with Crippen LogP contribution in [0, 0.1) is 13.8 Å². The first-order chi connectivity index (χ1) is 9.38. The fourth-order valence-electron chi connectivity index (χ4n) is 2.06. The van der Waals surface area contributed by atoms with Crippen LogP contribution < -0.4 is 10.6 Å². The highest BCUT2D eigenvalue weighted by Crippen LogP contribution is 2.22. The Balaban J connectivity index is 2.39. The van der Waals surface area contributed by atoms with Crippen molar-refractivity contribution in [3.63, 3.8) is 0 Å². The molecule has 1 aromatic heterocycles. The number of nitrogens with two attached hydrogens (primary N) is 1. The van der Waals surface area contributed by atoms with E-state index < -0.39 is 0 Å². The quantitative estimate of drug-likeness (QED) is 0.864. The average molecular weight is 290 g/mol. The molecule has 1 heterocycles. The molecule has 4 nitrogen and oxygen atoms in total. The van der Waals surface area contributed by atoms with Gasteiger partial charge in [0.1, 0.15) is 5.15 Å². The molecule has 1 amide bonds. The number of amides is 1. The molecule has 1 aromatic carbocycles. The summed E-state index contributed by atoms with van der Waals surface area (Å²) in [5.41, 5.74) is 9.37. The molecule has 2 N–H and O–H groups in total. The van der Waals surface area contributed by atoms with Crippen LogP contribution in [0.15, 0.2) is 30.5 Å². The number of halogens is 1. The molecule has 0 aliphatic heterocycles. The summed E-state index contributed by atoms with van der Waals surface area (Å²) in [7, 11) is 1.70. The van der Waals surface area contributed by atoms with E-state index in [0.717, 1.165) is 16.8 Å². The Morgan fingerprint density at radius 3 is 2.40 bits per heavy atom. The second kappa shape index (κ2) is 5.51. The molecule has 5 heteroatoms. The van der Waals surface area contributed by atoms with Gasteiger partial charge in [0.25, 0.3) is 5.91 Å². The van der Waals surface area contributed by atoms with E-state index in [9.17, 15) is 4.79 Å². The first kappa shape index (κ1) is 14.3. The maximum absolute atomic E-state index is 12.5. The van der Waals surface area contributed by atoms with Gasteiger partial charge in [-0.3, -0.25) is 4.79 Å². The third-order valence-corrected chi connectivity index (χ3v) is 3.29. The normalized spacial score (nSPS) is 10.4. The first-order valence-corrected chi connectivity index (χ1v) is 6.53. The van der Waals surface area contributed by atoms with Gasteiger partial charge in [-0.05, 0) is 43.2 Å². The molecule has 0 aliphatic rings. The van der Waals surface area contributed by atoms with Crippen LogP contribution in [0.3, 0.4) is 0 Å². The number of anilines is 2. The molecular formula is C15H16ClN3O. The number of benzene rings is 1. The Labute approximate surface area is 123 Å². The van der Waals surface area contributed by atoms with Crippen LogP contribution in [0.1, 0.15) is 21.5 Å². The Kier molecular flexibility index (Phi) is 3.95. The van der Waals surface area contributed by atoms with Crippen molar-refractivity contribution in [2.75, 3.05) is 17.7 Å². The number of nitrogens with zero attached hydrogens (tertiary/aromatic N) is 2. The lowest BCUT2D eigenvalue weighted by molar-refractivity contribution is 0.0993. The van der Waals surface area contributed by atoms with Crippen molar-refractivity contribution in [1.29, 1.82) is 0 Å². The van der Waals surface area contributed by atoms with Gasteiger partial charge in [-0.1, -0.05) is 17.7 Å². The highest BCUT2D eigenvalue weighted by atomic mass is 35.5. The predicted octanol–water partition coefficient (Wildman–Crippen LogP) is 3.21. The minimum Gasteiger partial charge on any atom is -0.397 e. The predicted molar refractivity (Wildman–Crippen MR) is 82.3 cm³/mol. The van der Waals surface area contributed by atoms with Crippen molar-refractivity contribution in [1.82, 2.24) is 4.98 Å². The third kappa shape index (κ3) is 2.91. The standard InChI is InChI=1S/C15H16ClN3O/c1-9-4-10(2)6-12(5-9)19(3)15(20)13-7-11(17)8-18-14(13)16/h4-8H,17H2,1-3H3. The number of hydrogen-bond donors (Lipinski definition) is 1. The van der Waals surface area contributed by atoms with Gasteiger partial charge in [-0.25, -0.2) is 4.98 Å². The Bertz CT molecular complexity index is 650. The van der Waals surface area contributed by atoms with Crippen molar-refractivity contribution in [3.8, 4) is 0 Å². The van der Waals surface area contributed by atoms with Crippen LogP contribution in [-0.4, -0.2) is 17.9 Å². The van der Waals surface area contributed by atoms with Crippen LogP contribution in [0.2, 0.25) is 5.15 Å². The molecule has 104 valence electrons. The van der Waals surface area contributed by atoms with Gasteiger partial charge in [-0.2, -0.15) is 0 Å². The second-order valence-electron chi connectivity index (χ2n) is 4.82. The van der Waals surface area contributed by atoms with Crippen LogP contribution in [-0.2, 0) is 0 Å². The van der Waals surface area contributed by atoms with Crippen LogP contribution in [0.4, 0.5) is 11.4 Å². The van der Waals surface area contributed by atoms with E-state index in [-0.39, 0.29) is 11.1 Å². The molecule has 0 spiro atoms. The van der Waals surface area contributed by atoms with Crippen LogP contribution in [0.5, 0.6) is 0 Å². The maximum atomic E-state index is 12.5. The zero-order valence-electron chi connectivity index (χ0n) is 11.6. The number of hydrogen-bond acceptors (Lipinski definition) is 3. The molecule has 0 aliphatic carbocycles. The third-order valence-electron chi connectivity index (χ3n) is 2.99. The topological polar surface area (TPSA) is 59.2 Å².